The Kier molecular flexibility index (Phi) is 9.59. The van der Waals surface area contributed by atoms with E-state index in [4.69, 9.17) is 55.1 Å². The Labute approximate surface area is 305 Å². The lowest BCUT2D eigenvalue weighted by molar-refractivity contribution is 0.122. The second kappa shape index (κ2) is 14.8. The standard InChI is InChI=1S/C34H43N17O2/c1-5-21(3)50-19-40-27-26(43-33(44-29(27)50)48-7-11-52-12-8-48)23-17-38-32(39-18-23)46-47(4)24(6-2)51-20-41-28-25(22-15-36-31(35)37-16-22)42-34(45-30(28)51)49-9-13-53-14-10-49/h15-21,24H,5-14H2,1-4H3,(H2,35,36,37)(H,38,39,46)/t21-,24?/m1/s1. The van der Waals surface area contributed by atoms with Gasteiger partial charge in [0, 0.05) is 75.2 Å². The Bertz CT molecular complexity index is 2180. The van der Waals surface area contributed by atoms with Crippen LogP contribution >= 0.6 is 0 Å². The molecule has 53 heavy (non-hydrogen) atoms. The van der Waals surface area contributed by atoms with Crippen LogP contribution in [0.1, 0.15) is 45.8 Å². The Morgan fingerprint density at radius 3 is 1.70 bits per heavy atom. The van der Waals surface area contributed by atoms with Gasteiger partial charge in [0.15, 0.2) is 11.3 Å². The van der Waals surface area contributed by atoms with E-state index in [0.29, 0.717) is 97.4 Å². The van der Waals surface area contributed by atoms with Gasteiger partial charge in [-0.1, -0.05) is 13.8 Å². The molecule has 0 radical (unpaired) electrons. The van der Waals surface area contributed by atoms with Crippen molar-refractivity contribution in [3.63, 3.8) is 0 Å². The Balaban J connectivity index is 1.09. The molecular formula is C34H43N17O2. The Morgan fingerprint density at radius 2 is 1.19 bits per heavy atom. The van der Waals surface area contributed by atoms with Crippen LogP contribution in [0.5, 0.6) is 0 Å². The van der Waals surface area contributed by atoms with E-state index in [2.05, 4.69) is 50.5 Å². The summed E-state index contributed by atoms with van der Waals surface area (Å²) >= 11 is 0. The van der Waals surface area contributed by atoms with Crippen LogP contribution in [0.4, 0.5) is 23.8 Å². The van der Waals surface area contributed by atoms with Gasteiger partial charge in [0.1, 0.15) is 28.6 Å². The highest BCUT2D eigenvalue weighted by molar-refractivity contribution is 5.89. The number of nitrogens with zero attached hydrogens (tertiary/aromatic N) is 15. The first-order valence-electron chi connectivity index (χ1n) is 18.0. The molecule has 276 valence electrons. The van der Waals surface area contributed by atoms with E-state index in [9.17, 15) is 0 Å². The second-order valence-corrected chi connectivity index (χ2v) is 13.1. The van der Waals surface area contributed by atoms with E-state index >= 15 is 0 Å². The summed E-state index contributed by atoms with van der Waals surface area (Å²) in [5.74, 6) is 1.84. The summed E-state index contributed by atoms with van der Waals surface area (Å²) in [4.78, 5) is 51.5. The Hall–Kier alpha value is -5.66. The summed E-state index contributed by atoms with van der Waals surface area (Å²) in [5, 5.41) is 1.95. The molecule has 2 aliphatic rings. The molecule has 2 aliphatic heterocycles. The molecule has 0 aliphatic carbocycles. The maximum atomic E-state index is 5.80. The van der Waals surface area contributed by atoms with E-state index in [-0.39, 0.29) is 18.2 Å². The van der Waals surface area contributed by atoms with Gasteiger partial charge in [-0.2, -0.15) is 9.97 Å². The minimum atomic E-state index is -0.215. The van der Waals surface area contributed by atoms with Crippen molar-refractivity contribution in [3.8, 4) is 22.5 Å². The third kappa shape index (κ3) is 6.73. The normalized spacial score (nSPS) is 16.5. The molecule has 0 bridgehead atoms. The van der Waals surface area contributed by atoms with E-state index in [0.717, 1.165) is 30.7 Å². The van der Waals surface area contributed by atoms with Crippen LogP contribution in [0.15, 0.2) is 37.4 Å². The van der Waals surface area contributed by atoms with Crippen LogP contribution in [-0.2, 0) is 9.47 Å². The molecule has 8 rings (SSSR count). The molecule has 8 heterocycles. The smallest absolute Gasteiger partial charge is 0.237 e. The van der Waals surface area contributed by atoms with Crippen molar-refractivity contribution >= 4 is 46.1 Å². The Morgan fingerprint density at radius 1 is 0.698 bits per heavy atom. The highest BCUT2D eigenvalue weighted by Crippen LogP contribution is 2.32. The first-order valence-corrected chi connectivity index (χ1v) is 18.0. The van der Waals surface area contributed by atoms with Gasteiger partial charge in [0.05, 0.1) is 39.1 Å². The van der Waals surface area contributed by atoms with Crippen molar-refractivity contribution in [1.82, 2.24) is 64.0 Å². The van der Waals surface area contributed by atoms with Crippen molar-refractivity contribution in [1.29, 1.82) is 0 Å². The lowest BCUT2D eigenvalue weighted by Gasteiger charge is -2.29. The highest BCUT2D eigenvalue weighted by Gasteiger charge is 2.26. The molecule has 0 spiro atoms. The minimum absolute atomic E-state index is 0.187. The van der Waals surface area contributed by atoms with Crippen LogP contribution in [0.25, 0.3) is 44.8 Å². The molecule has 1 unspecified atom stereocenters. The van der Waals surface area contributed by atoms with Crippen molar-refractivity contribution in [2.75, 3.05) is 80.6 Å². The van der Waals surface area contributed by atoms with E-state index in [1.54, 1.807) is 31.1 Å². The number of fused-ring (bicyclic) bond motifs is 2. The topological polar surface area (TPSA) is 205 Å². The van der Waals surface area contributed by atoms with E-state index < -0.39 is 0 Å². The molecule has 2 fully saturated rings. The van der Waals surface area contributed by atoms with Gasteiger partial charge in [-0.3, -0.25) is 9.99 Å². The molecule has 0 aromatic carbocycles. The number of hydrogen-bond acceptors (Lipinski definition) is 17. The molecule has 0 saturated carbocycles. The van der Waals surface area contributed by atoms with Crippen molar-refractivity contribution in [2.45, 2.75) is 45.8 Å². The van der Waals surface area contributed by atoms with Gasteiger partial charge in [0.25, 0.3) is 0 Å². The summed E-state index contributed by atoms with van der Waals surface area (Å²) in [6, 6.07) is 0.230. The number of ether oxygens (including phenoxy) is 2. The summed E-state index contributed by atoms with van der Waals surface area (Å²) in [5.41, 5.74) is 14.7. The highest BCUT2D eigenvalue weighted by atomic mass is 16.5. The predicted octanol–water partition coefficient (Wildman–Crippen LogP) is 2.97. The number of hydrazine groups is 1. The predicted molar refractivity (Wildman–Crippen MR) is 199 cm³/mol. The average Bonchev–Trinajstić information content (AvgIpc) is 3.83. The molecule has 6 aromatic heterocycles. The maximum Gasteiger partial charge on any atom is 0.237 e. The van der Waals surface area contributed by atoms with Gasteiger partial charge in [-0.25, -0.2) is 44.9 Å². The molecule has 2 atom stereocenters. The number of rotatable bonds is 11. The minimum Gasteiger partial charge on any atom is -0.378 e. The zero-order valence-electron chi connectivity index (χ0n) is 30.3. The third-order valence-electron chi connectivity index (χ3n) is 9.75. The van der Waals surface area contributed by atoms with E-state index in [1.807, 2.05) is 23.0 Å². The first-order chi connectivity index (χ1) is 25.9. The molecular weight excluding hydrogens is 678 g/mol. The fourth-order valence-electron chi connectivity index (χ4n) is 6.62. The second-order valence-electron chi connectivity index (χ2n) is 13.1. The third-order valence-corrected chi connectivity index (χ3v) is 9.75. The zero-order chi connectivity index (χ0) is 36.5. The van der Waals surface area contributed by atoms with Crippen LogP contribution in [0.2, 0.25) is 0 Å². The summed E-state index contributed by atoms with van der Waals surface area (Å²) in [6.45, 7) is 11.7. The van der Waals surface area contributed by atoms with Gasteiger partial charge >= 0.3 is 0 Å². The van der Waals surface area contributed by atoms with Crippen LogP contribution < -0.4 is 21.0 Å². The monoisotopic (exact) mass is 721 g/mol. The number of imidazole rings is 2. The largest absolute Gasteiger partial charge is 0.378 e. The lowest BCUT2D eigenvalue weighted by atomic mass is 10.2. The molecule has 2 saturated heterocycles. The molecule has 3 N–H and O–H groups in total. The number of anilines is 4. The van der Waals surface area contributed by atoms with Crippen molar-refractivity contribution < 1.29 is 9.47 Å². The quantitative estimate of drug-likeness (QED) is 0.185. The zero-order valence-corrected chi connectivity index (χ0v) is 30.3. The fourth-order valence-corrected chi connectivity index (χ4v) is 6.62. The van der Waals surface area contributed by atoms with Gasteiger partial charge < -0.3 is 29.6 Å². The average molecular weight is 722 g/mol. The molecule has 19 nitrogen and oxygen atoms in total. The molecule has 19 heteroatoms. The fraction of sp³-hybridized carbons (Fsp3) is 0.471. The SMILES string of the molecule is CCC(N(C)Nc1ncc(-c2nc(N3CCOCC3)nc3c2ncn3[C@H](C)CC)cn1)n1cnc2c(-c3cnc(N)nc3)nc(N3CCOCC3)nc21. The van der Waals surface area contributed by atoms with Crippen molar-refractivity contribution in [2.24, 2.45) is 0 Å². The van der Waals surface area contributed by atoms with Gasteiger partial charge in [0.2, 0.25) is 23.8 Å². The number of nitrogen functional groups attached to an aromatic ring is 1. The first kappa shape index (κ1) is 34.4. The van der Waals surface area contributed by atoms with Crippen LogP contribution in [0.3, 0.4) is 0 Å². The summed E-state index contributed by atoms with van der Waals surface area (Å²) in [7, 11) is 1.94. The van der Waals surface area contributed by atoms with E-state index in [1.165, 1.54) is 0 Å². The van der Waals surface area contributed by atoms with Gasteiger partial charge in [-0.05, 0) is 19.8 Å². The molecule has 6 aromatic rings. The van der Waals surface area contributed by atoms with Crippen LogP contribution in [0, 0.1) is 0 Å². The number of nitrogens with two attached hydrogens (primary N) is 1. The number of hydrogen-bond donors (Lipinski definition) is 2. The number of aromatic nitrogens is 12. The number of morpholine rings is 2. The molecule has 0 amide bonds. The van der Waals surface area contributed by atoms with Crippen LogP contribution in [-0.4, -0.2) is 124 Å². The van der Waals surface area contributed by atoms with Gasteiger partial charge in [-0.15, -0.1) is 0 Å². The van der Waals surface area contributed by atoms with Crippen molar-refractivity contribution in [3.05, 3.63) is 37.4 Å². The summed E-state index contributed by atoms with van der Waals surface area (Å²) in [6.07, 6.45) is 11.9. The maximum absolute atomic E-state index is 5.80. The summed E-state index contributed by atoms with van der Waals surface area (Å²) < 4.78 is 15.3. The lowest BCUT2D eigenvalue weighted by Crippen LogP contribution is -2.37. The number of nitrogens with one attached hydrogen (secondary N) is 1.